The lowest BCUT2D eigenvalue weighted by atomic mass is 9.97. The van der Waals surface area contributed by atoms with Gasteiger partial charge in [-0.05, 0) is 35.4 Å². The fraction of sp³-hybridized carbons (Fsp3) is 0.421. The van der Waals surface area contributed by atoms with E-state index in [-0.39, 0.29) is 18.8 Å². The summed E-state index contributed by atoms with van der Waals surface area (Å²) in [6, 6.07) is 9.81. The molecule has 0 amide bonds. The molecule has 0 aliphatic carbocycles. The maximum absolute atomic E-state index is 9.82. The summed E-state index contributed by atoms with van der Waals surface area (Å²) in [5, 5.41) is 9.82. The average Bonchev–Trinajstić information content (AvgIpc) is 2.68. The maximum Gasteiger partial charge on any atom is 0.161 e. The molecule has 0 radical (unpaired) electrons. The van der Waals surface area contributed by atoms with Crippen molar-refractivity contribution in [2.45, 2.75) is 18.7 Å². The summed E-state index contributed by atoms with van der Waals surface area (Å²) in [6.07, 6.45) is 3.31. The molecule has 1 saturated heterocycles. The van der Waals surface area contributed by atoms with Gasteiger partial charge < -0.3 is 19.3 Å². The van der Waals surface area contributed by atoms with Gasteiger partial charge in [0.25, 0.3) is 0 Å². The van der Waals surface area contributed by atoms with Crippen LogP contribution in [0.1, 0.15) is 17.2 Å². The topological polar surface area (TPSA) is 64.0 Å². The predicted octanol–water partition coefficient (Wildman–Crippen LogP) is 2.03. The van der Waals surface area contributed by atoms with Gasteiger partial charge in [-0.1, -0.05) is 6.07 Å². The van der Waals surface area contributed by atoms with Gasteiger partial charge in [0, 0.05) is 25.5 Å². The summed E-state index contributed by atoms with van der Waals surface area (Å²) < 4.78 is 16.6. The van der Waals surface area contributed by atoms with Crippen molar-refractivity contribution in [1.29, 1.82) is 0 Å². The average molecular weight is 344 g/mol. The molecule has 0 saturated carbocycles. The number of aliphatic hydroxyl groups excluding tert-OH is 1. The van der Waals surface area contributed by atoms with E-state index in [0.717, 1.165) is 18.7 Å². The van der Waals surface area contributed by atoms with Gasteiger partial charge in [0.15, 0.2) is 11.5 Å². The molecule has 1 aromatic carbocycles. The lowest BCUT2D eigenvalue weighted by Gasteiger charge is -2.41. The second kappa shape index (κ2) is 8.29. The minimum Gasteiger partial charge on any atom is -0.493 e. The molecule has 2 atom stereocenters. The standard InChI is InChI=1S/C19H24N2O4/c1-23-16-4-3-15(11-17(16)24-2)19-18(13-22)25-10-9-21(19)12-14-5-7-20-8-6-14/h3-8,11,18-19,22H,9-10,12-13H2,1-2H3/t18-,19-/m1/s1. The van der Waals surface area contributed by atoms with E-state index in [1.165, 1.54) is 5.56 Å². The number of hydrogen-bond acceptors (Lipinski definition) is 6. The van der Waals surface area contributed by atoms with Crippen molar-refractivity contribution in [1.82, 2.24) is 9.88 Å². The van der Waals surface area contributed by atoms with Gasteiger partial charge in [0.2, 0.25) is 0 Å². The van der Waals surface area contributed by atoms with Crippen molar-refractivity contribution in [3.63, 3.8) is 0 Å². The third-order valence-electron chi connectivity index (χ3n) is 4.52. The summed E-state index contributed by atoms with van der Waals surface area (Å²) >= 11 is 0. The van der Waals surface area contributed by atoms with Gasteiger partial charge in [0.1, 0.15) is 6.10 Å². The van der Waals surface area contributed by atoms with Gasteiger partial charge in [-0.25, -0.2) is 0 Å². The van der Waals surface area contributed by atoms with E-state index in [1.54, 1.807) is 26.6 Å². The third-order valence-corrected chi connectivity index (χ3v) is 4.52. The minimum atomic E-state index is -0.284. The molecular weight excluding hydrogens is 320 g/mol. The van der Waals surface area contributed by atoms with Gasteiger partial charge in [-0.2, -0.15) is 0 Å². The Bertz CT molecular complexity index is 680. The van der Waals surface area contributed by atoms with Gasteiger partial charge >= 0.3 is 0 Å². The molecule has 25 heavy (non-hydrogen) atoms. The lowest BCUT2D eigenvalue weighted by molar-refractivity contribution is -0.0961. The van der Waals surface area contributed by atoms with Crippen LogP contribution < -0.4 is 9.47 Å². The van der Waals surface area contributed by atoms with Crippen LogP contribution in [-0.2, 0) is 11.3 Å². The number of hydrogen-bond donors (Lipinski definition) is 1. The molecule has 1 aromatic heterocycles. The Kier molecular flexibility index (Phi) is 5.86. The fourth-order valence-corrected chi connectivity index (χ4v) is 3.30. The van der Waals surface area contributed by atoms with Crippen molar-refractivity contribution in [3.8, 4) is 11.5 Å². The largest absolute Gasteiger partial charge is 0.493 e. The van der Waals surface area contributed by atoms with E-state index in [1.807, 2.05) is 30.3 Å². The second-order valence-electron chi connectivity index (χ2n) is 5.98. The van der Waals surface area contributed by atoms with Gasteiger partial charge in [-0.15, -0.1) is 0 Å². The highest BCUT2D eigenvalue weighted by Crippen LogP contribution is 2.36. The van der Waals surface area contributed by atoms with Crippen molar-refractivity contribution >= 4 is 0 Å². The Morgan fingerprint density at radius 1 is 1.16 bits per heavy atom. The summed E-state index contributed by atoms with van der Waals surface area (Å²) in [5.41, 5.74) is 2.21. The molecule has 2 heterocycles. The first-order chi connectivity index (χ1) is 12.3. The highest BCUT2D eigenvalue weighted by atomic mass is 16.5. The highest BCUT2D eigenvalue weighted by Gasteiger charge is 2.33. The zero-order chi connectivity index (χ0) is 17.6. The van der Waals surface area contributed by atoms with Crippen molar-refractivity contribution in [2.75, 3.05) is 34.0 Å². The Balaban J connectivity index is 1.92. The SMILES string of the molecule is COc1ccc([C@@H]2[C@@H](CO)OCCN2Cc2ccncc2)cc1OC. The number of nitrogens with zero attached hydrogens (tertiary/aromatic N) is 2. The van der Waals surface area contributed by atoms with Gasteiger partial charge in [-0.3, -0.25) is 9.88 Å². The first-order valence-electron chi connectivity index (χ1n) is 8.34. The highest BCUT2D eigenvalue weighted by molar-refractivity contribution is 5.44. The number of methoxy groups -OCH3 is 2. The Labute approximate surface area is 148 Å². The Morgan fingerprint density at radius 2 is 1.92 bits per heavy atom. The van der Waals surface area contributed by atoms with Crippen LogP contribution in [0.2, 0.25) is 0 Å². The van der Waals surface area contributed by atoms with Crippen LogP contribution in [0.4, 0.5) is 0 Å². The lowest BCUT2D eigenvalue weighted by Crippen LogP contribution is -2.46. The molecule has 6 nitrogen and oxygen atoms in total. The quantitative estimate of drug-likeness (QED) is 0.865. The number of morpholine rings is 1. The van der Waals surface area contributed by atoms with Crippen LogP contribution in [0.25, 0.3) is 0 Å². The first kappa shape index (κ1) is 17.7. The molecule has 2 aromatic rings. The number of aliphatic hydroxyl groups is 1. The fourth-order valence-electron chi connectivity index (χ4n) is 3.30. The van der Waals surface area contributed by atoms with Crippen molar-refractivity contribution in [2.24, 2.45) is 0 Å². The summed E-state index contributed by atoms with van der Waals surface area (Å²) in [4.78, 5) is 6.40. The molecular formula is C19H24N2O4. The predicted molar refractivity (Wildman–Crippen MR) is 93.8 cm³/mol. The number of aromatic nitrogens is 1. The van der Waals surface area contributed by atoms with Crippen LogP contribution in [0.5, 0.6) is 11.5 Å². The molecule has 1 N–H and O–H groups in total. The maximum atomic E-state index is 9.82. The zero-order valence-corrected chi connectivity index (χ0v) is 14.6. The van der Waals surface area contributed by atoms with Crippen LogP contribution in [0.15, 0.2) is 42.7 Å². The number of rotatable bonds is 6. The molecule has 1 aliphatic heterocycles. The van der Waals surface area contributed by atoms with E-state index < -0.39 is 0 Å². The molecule has 0 bridgehead atoms. The van der Waals surface area contributed by atoms with E-state index in [2.05, 4.69) is 9.88 Å². The van der Waals surface area contributed by atoms with Crippen LogP contribution >= 0.6 is 0 Å². The summed E-state index contributed by atoms with van der Waals surface area (Å²) in [6.45, 7) is 2.12. The van der Waals surface area contributed by atoms with E-state index in [4.69, 9.17) is 14.2 Å². The Morgan fingerprint density at radius 3 is 2.60 bits per heavy atom. The van der Waals surface area contributed by atoms with Crippen molar-refractivity contribution < 1.29 is 19.3 Å². The summed E-state index contributed by atoms with van der Waals surface area (Å²) in [7, 11) is 3.24. The first-order valence-corrected chi connectivity index (χ1v) is 8.34. The van der Waals surface area contributed by atoms with Crippen molar-refractivity contribution in [3.05, 3.63) is 53.9 Å². The number of pyridine rings is 1. The van der Waals surface area contributed by atoms with Crippen LogP contribution in [0.3, 0.4) is 0 Å². The van der Waals surface area contributed by atoms with Gasteiger partial charge in [0.05, 0.1) is 33.5 Å². The number of benzene rings is 1. The summed E-state index contributed by atoms with van der Waals surface area (Å²) in [5.74, 6) is 1.36. The Hall–Kier alpha value is -2.15. The normalized spacial score (nSPS) is 21.1. The monoisotopic (exact) mass is 344 g/mol. The second-order valence-corrected chi connectivity index (χ2v) is 5.98. The van der Waals surface area contributed by atoms with E-state index in [9.17, 15) is 5.11 Å². The zero-order valence-electron chi connectivity index (χ0n) is 14.6. The molecule has 0 spiro atoms. The molecule has 1 aliphatic rings. The number of ether oxygens (including phenoxy) is 3. The molecule has 0 unspecified atom stereocenters. The molecule has 6 heteroatoms. The smallest absolute Gasteiger partial charge is 0.161 e. The molecule has 1 fully saturated rings. The van der Waals surface area contributed by atoms with Crippen LogP contribution in [-0.4, -0.2) is 55.1 Å². The van der Waals surface area contributed by atoms with E-state index in [0.29, 0.717) is 18.1 Å². The minimum absolute atomic E-state index is 0.0359. The van der Waals surface area contributed by atoms with E-state index >= 15 is 0 Å². The van der Waals surface area contributed by atoms with Crippen LogP contribution in [0, 0.1) is 0 Å². The molecule has 134 valence electrons. The molecule has 3 rings (SSSR count). The third kappa shape index (κ3) is 3.92.